The van der Waals surface area contributed by atoms with Crippen molar-refractivity contribution in [2.24, 2.45) is 0 Å². The maximum Gasteiger partial charge on any atom is 0.311 e. The van der Waals surface area contributed by atoms with E-state index >= 15 is 0 Å². The molecule has 2 aliphatic rings. The van der Waals surface area contributed by atoms with Crippen molar-refractivity contribution in [2.75, 3.05) is 12.1 Å². The Morgan fingerprint density at radius 3 is 2.96 bits per heavy atom. The molecule has 0 radical (unpaired) electrons. The van der Waals surface area contributed by atoms with Gasteiger partial charge in [-0.15, -0.1) is 10.2 Å². The Morgan fingerprint density at radius 2 is 2.24 bits per heavy atom. The van der Waals surface area contributed by atoms with E-state index in [2.05, 4.69) is 27.5 Å². The van der Waals surface area contributed by atoms with Crippen molar-refractivity contribution in [1.29, 1.82) is 0 Å². The monoisotopic (exact) mass is 377 g/mol. The van der Waals surface area contributed by atoms with E-state index in [1.807, 2.05) is 10.7 Å². The zero-order valence-corrected chi connectivity index (χ0v) is 15.2. The number of fused-ring (bicyclic) bond motifs is 3. The van der Waals surface area contributed by atoms with Crippen LogP contribution in [0.1, 0.15) is 30.1 Å². The quantitative estimate of drug-likeness (QED) is 0.578. The van der Waals surface area contributed by atoms with E-state index in [1.54, 1.807) is 35.7 Å². The Labute approximate surface area is 152 Å². The molecule has 0 saturated heterocycles. The molecule has 2 aliphatic heterocycles. The Morgan fingerprint density at radius 1 is 1.40 bits per heavy atom. The van der Waals surface area contributed by atoms with Crippen molar-refractivity contribution in [3.8, 4) is 5.75 Å². The first-order chi connectivity index (χ1) is 12.1. The van der Waals surface area contributed by atoms with E-state index < -0.39 is 4.92 Å². The maximum atomic E-state index is 11.3. The summed E-state index contributed by atoms with van der Waals surface area (Å²) in [6.45, 7) is 2.10. The van der Waals surface area contributed by atoms with Crippen LogP contribution in [-0.2, 0) is 6.42 Å². The predicted octanol–water partition coefficient (Wildman–Crippen LogP) is 3.44. The number of hydrogen-bond acceptors (Lipinski definition) is 8. The van der Waals surface area contributed by atoms with Crippen molar-refractivity contribution >= 4 is 29.2 Å². The highest BCUT2D eigenvalue weighted by Gasteiger charge is 2.40. The molecule has 1 atom stereocenters. The van der Waals surface area contributed by atoms with Crippen LogP contribution in [-0.4, -0.2) is 26.9 Å². The van der Waals surface area contributed by atoms with Crippen molar-refractivity contribution < 1.29 is 9.66 Å². The molecule has 130 valence electrons. The van der Waals surface area contributed by atoms with Gasteiger partial charge in [0.15, 0.2) is 11.6 Å². The fourth-order valence-corrected chi connectivity index (χ4v) is 5.13. The van der Waals surface area contributed by atoms with Gasteiger partial charge in [-0.05, 0) is 29.8 Å². The SMILES string of the molecule is CCCc1nnc2n1N1C(=CSC1c1ccc(OC)c([N+](=O)[O-])c1)S2. The van der Waals surface area contributed by atoms with Crippen LogP contribution in [0.25, 0.3) is 0 Å². The lowest BCUT2D eigenvalue weighted by Crippen LogP contribution is -2.30. The summed E-state index contributed by atoms with van der Waals surface area (Å²) in [5.74, 6) is 1.17. The fourth-order valence-electron chi connectivity index (χ4n) is 2.90. The number of nitro groups is 1. The summed E-state index contributed by atoms with van der Waals surface area (Å²) >= 11 is 3.19. The molecule has 1 aromatic carbocycles. The van der Waals surface area contributed by atoms with Gasteiger partial charge in [-0.25, -0.2) is 4.68 Å². The van der Waals surface area contributed by atoms with Crippen molar-refractivity contribution in [2.45, 2.75) is 30.3 Å². The van der Waals surface area contributed by atoms with Gasteiger partial charge in [-0.3, -0.25) is 15.1 Å². The lowest BCUT2D eigenvalue weighted by Gasteiger charge is -2.25. The average Bonchev–Trinajstić information content (AvgIpc) is 3.26. The number of benzene rings is 1. The van der Waals surface area contributed by atoms with Gasteiger partial charge >= 0.3 is 5.69 Å². The molecule has 0 saturated carbocycles. The largest absolute Gasteiger partial charge is 0.490 e. The van der Waals surface area contributed by atoms with E-state index in [9.17, 15) is 10.1 Å². The molecule has 0 fully saturated rings. The van der Waals surface area contributed by atoms with Crippen molar-refractivity contribution in [3.05, 3.63) is 50.1 Å². The third-order valence-electron chi connectivity index (χ3n) is 3.99. The molecule has 3 heterocycles. The second-order valence-corrected chi connectivity index (χ2v) is 7.48. The van der Waals surface area contributed by atoms with Crippen molar-refractivity contribution in [3.63, 3.8) is 0 Å². The Balaban J connectivity index is 1.74. The minimum Gasteiger partial charge on any atom is -0.490 e. The minimum absolute atomic E-state index is 0.0290. The van der Waals surface area contributed by atoms with E-state index in [-0.39, 0.29) is 16.8 Å². The molecule has 1 aromatic heterocycles. The van der Waals surface area contributed by atoms with Gasteiger partial charge in [-0.1, -0.05) is 24.8 Å². The van der Waals surface area contributed by atoms with E-state index in [1.165, 1.54) is 7.11 Å². The van der Waals surface area contributed by atoms with Crippen LogP contribution < -0.4 is 9.75 Å². The molecular formula is C15H15N5O3S2. The zero-order chi connectivity index (χ0) is 17.6. The predicted molar refractivity (Wildman–Crippen MR) is 96.2 cm³/mol. The minimum atomic E-state index is -0.415. The number of thioether (sulfide) groups is 2. The Kier molecular flexibility index (Phi) is 4.08. The zero-order valence-electron chi connectivity index (χ0n) is 13.6. The molecule has 1 unspecified atom stereocenters. The van der Waals surface area contributed by atoms with Gasteiger partial charge in [-0.2, -0.15) is 0 Å². The first kappa shape index (κ1) is 16.3. The van der Waals surface area contributed by atoms with Gasteiger partial charge in [0.1, 0.15) is 10.4 Å². The van der Waals surface area contributed by atoms with Crippen LogP contribution in [0.4, 0.5) is 5.69 Å². The molecule has 8 nitrogen and oxygen atoms in total. The second-order valence-electron chi connectivity index (χ2n) is 5.54. The maximum absolute atomic E-state index is 11.3. The summed E-state index contributed by atoms with van der Waals surface area (Å²) in [5.41, 5.74) is 0.812. The summed E-state index contributed by atoms with van der Waals surface area (Å²) in [4.78, 5) is 10.9. The first-order valence-electron chi connectivity index (χ1n) is 7.73. The third kappa shape index (κ3) is 2.56. The summed E-state index contributed by atoms with van der Waals surface area (Å²) in [6.07, 6.45) is 1.80. The highest BCUT2D eigenvalue weighted by atomic mass is 32.2. The topological polar surface area (TPSA) is 86.3 Å². The highest BCUT2D eigenvalue weighted by molar-refractivity contribution is 8.07. The number of aryl methyl sites for hydroxylation is 1. The summed E-state index contributed by atoms with van der Waals surface area (Å²) in [5, 5.41) is 25.8. The molecule has 10 heteroatoms. The third-order valence-corrected chi connectivity index (χ3v) is 6.18. The van der Waals surface area contributed by atoms with Gasteiger partial charge < -0.3 is 4.74 Å². The van der Waals surface area contributed by atoms with Crippen LogP contribution in [0.5, 0.6) is 5.75 Å². The molecule has 2 aromatic rings. The van der Waals surface area contributed by atoms with Crippen LogP contribution >= 0.6 is 23.5 Å². The van der Waals surface area contributed by atoms with Crippen LogP contribution in [0, 0.1) is 10.1 Å². The second kappa shape index (κ2) is 6.26. The molecule has 0 amide bonds. The molecular weight excluding hydrogens is 362 g/mol. The Hall–Kier alpha value is -2.20. The molecule has 25 heavy (non-hydrogen) atoms. The molecule has 0 spiro atoms. The number of hydrogen-bond donors (Lipinski definition) is 0. The van der Waals surface area contributed by atoms with Crippen molar-refractivity contribution in [1.82, 2.24) is 14.9 Å². The van der Waals surface area contributed by atoms with Gasteiger partial charge in [0.25, 0.3) is 0 Å². The summed E-state index contributed by atoms with van der Waals surface area (Å²) in [6, 6.07) is 5.10. The van der Waals surface area contributed by atoms with E-state index in [4.69, 9.17) is 4.74 Å². The van der Waals surface area contributed by atoms with Crippen LogP contribution in [0.3, 0.4) is 0 Å². The van der Waals surface area contributed by atoms with E-state index in [0.29, 0.717) is 0 Å². The molecule has 0 N–H and O–H groups in total. The number of nitro benzene ring substituents is 1. The molecule has 0 aliphatic carbocycles. The number of aromatic nitrogens is 3. The smallest absolute Gasteiger partial charge is 0.311 e. The van der Waals surface area contributed by atoms with Gasteiger partial charge in [0.2, 0.25) is 5.16 Å². The normalized spacial score (nSPS) is 18.1. The number of rotatable bonds is 5. The van der Waals surface area contributed by atoms with Gasteiger partial charge in [0, 0.05) is 17.9 Å². The van der Waals surface area contributed by atoms with Gasteiger partial charge in [0.05, 0.1) is 12.0 Å². The lowest BCUT2D eigenvalue weighted by atomic mass is 10.2. The Bertz CT molecular complexity index is 882. The standard InChI is InChI=1S/C15H15N5O3S2/c1-3-4-12-16-17-15-18(12)19-13(25-15)8-24-14(19)9-5-6-11(23-2)10(7-9)20(21)22/h5-8,14H,3-4H2,1-2H3. The fraction of sp³-hybridized carbons (Fsp3) is 0.333. The van der Waals surface area contributed by atoms with E-state index in [0.717, 1.165) is 34.4 Å². The summed E-state index contributed by atoms with van der Waals surface area (Å²) < 4.78 is 7.13. The molecule has 4 rings (SSSR count). The van der Waals surface area contributed by atoms with Crippen LogP contribution in [0.2, 0.25) is 0 Å². The number of methoxy groups -OCH3 is 1. The van der Waals surface area contributed by atoms with Crippen LogP contribution in [0.15, 0.2) is 33.8 Å². The molecule has 0 bridgehead atoms. The number of nitrogens with zero attached hydrogens (tertiary/aromatic N) is 5. The average molecular weight is 377 g/mol. The first-order valence-corrected chi connectivity index (χ1v) is 9.49. The number of ether oxygens (including phenoxy) is 1. The summed E-state index contributed by atoms with van der Waals surface area (Å²) in [7, 11) is 1.43. The lowest BCUT2D eigenvalue weighted by molar-refractivity contribution is -0.385. The highest BCUT2D eigenvalue weighted by Crippen LogP contribution is 2.51.